The predicted molar refractivity (Wildman–Crippen MR) is 105 cm³/mol. The van der Waals surface area contributed by atoms with Crippen LogP contribution in [0.2, 0.25) is 0 Å². The highest BCUT2D eigenvalue weighted by atomic mass is 32.2. The van der Waals surface area contributed by atoms with Crippen molar-refractivity contribution in [1.29, 1.82) is 5.26 Å². The van der Waals surface area contributed by atoms with Crippen LogP contribution in [0.5, 0.6) is 0 Å². The van der Waals surface area contributed by atoms with Gasteiger partial charge in [-0.3, -0.25) is 9.69 Å². The number of nitriles is 1. The fraction of sp³-hybridized carbons (Fsp3) is 0.421. The van der Waals surface area contributed by atoms with Gasteiger partial charge < -0.3 is 0 Å². The number of pyridine rings is 1. The molecule has 0 bridgehead atoms. The van der Waals surface area contributed by atoms with Gasteiger partial charge in [0.15, 0.2) is 15.7 Å². The minimum atomic E-state index is -5.82. The van der Waals surface area contributed by atoms with Crippen LogP contribution < -0.4 is 4.90 Å². The Morgan fingerprint density at radius 1 is 1.22 bits per heavy atom. The molecule has 0 unspecified atom stereocenters. The number of fused-ring (bicyclic) bond motifs is 1. The van der Waals surface area contributed by atoms with Gasteiger partial charge in [-0.25, -0.2) is 13.4 Å². The van der Waals surface area contributed by atoms with Crippen LogP contribution >= 0.6 is 11.3 Å². The lowest BCUT2D eigenvalue weighted by atomic mass is 9.88. The van der Waals surface area contributed by atoms with Crippen molar-refractivity contribution in [3.05, 3.63) is 39.2 Å². The Labute approximate surface area is 184 Å². The van der Waals surface area contributed by atoms with Crippen molar-refractivity contribution < 1.29 is 35.2 Å². The predicted octanol–water partition coefficient (Wildman–Crippen LogP) is 4.55. The summed E-state index contributed by atoms with van der Waals surface area (Å²) in [6.45, 7) is 4.05. The summed E-state index contributed by atoms with van der Waals surface area (Å²) in [6, 6.07) is 3.85. The SMILES string of the molecule is CCS(=O)(=O)c1cc(C(C)(C)C#N)cnc1N1Cc2cc(C(F)(F)C(F)(F)F)sc2C1=O. The molecule has 0 aliphatic carbocycles. The number of hydrogen-bond acceptors (Lipinski definition) is 6. The van der Waals surface area contributed by atoms with Crippen molar-refractivity contribution in [2.75, 3.05) is 10.7 Å². The summed E-state index contributed by atoms with van der Waals surface area (Å²) in [6.07, 6.45) is -4.59. The first kappa shape index (κ1) is 24.1. The quantitative estimate of drug-likeness (QED) is 0.570. The number of amides is 1. The van der Waals surface area contributed by atoms with E-state index >= 15 is 0 Å². The molecule has 0 saturated carbocycles. The number of hydrogen-bond donors (Lipinski definition) is 0. The van der Waals surface area contributed by atoms with Crippen LogP contribution in [0.3, 0.4) is 0 Å². The molecule has 32 heavy (non-hydrogen) atoms. The zero-order chi connectivity index (χ0) is 24.3. The lowest BCUT2D eigenvalue weighted by molar-refractivity contribution is -0.287. The highest BCUT2D eigenvalue weighted by molar-refractivity contribution is 7.91. The third kappa shape index (κ3) is 3.75. The van der Waals surface area contributed by atoms with Gasteiger partial charge in [-0.2, -0.15) is 27.2 Å². The minimum Gasteiger partial charge on any atom is -0.286 e. The number of rotatable bonds is 5. The topological polar surface area (TPSA) is 91.1 Å². The molecule has 13 heteroatoms. The number of thiophene rings is 1. The van der Waals surface area contributed by atoms with Gasteiger partial charge in [-0.1, -0.05) is 6.92 Å². The Morgan fingerprint density at radius 3 is 2.34 bits per heavy atom. The number of carbonyl (C=O) groups is 1. The standard InChI is InChI=1S/C19H16F5N3O3S2/c1-4-32(29,30)12-6-11(17(2,3)9-25)7-26-15(12)27-8-10-5-13(31-14(10)16(27)28)18(20,21)19(22,23)24/h5-7H,4,8H2,1-3H3. The molecule has 1 aliphatic rings. The molecular weight excluding hydrogens is 477 g/mol. The summed E-state index contributed by atoms with van der Waals surface area (Å²) in [5, 5.41) is 9.33. The van der Waals surface area contributed by atoms with Gasteiger partial charge in [-0.05, 0) is 37.1 Å². The number of alkyl halides is 5. The molecule has 6 nitrogen and oxygen atoms in total. The molecule has 2 aromatic rings. The number of aromatic nitrogens is 1. The van der Waals surface area contributed by atoms with E-state index in [0.717, 1.165) is 4.90 Å². The lowest BCUT2D eigenvalue weighted by Gasteiger charge is -2.22. The van der Waals surface area contributed by atoms with E-state index in [0.29, 0.717) is 6.07 Å². The van der Waals surface area contributed by atoms with E-state index in [9.17, 15) is 40.4 Å². The maximum absolute atomic E-state index is 13.7. The number of halogens is 5. The summed E-state index contributed by atoms with van der Waals surface area (Å²) in [7, 11) is -3.93. The fourth-order valence-electron chi connectivity index (χ4n) is 2.99. The largest absolute Gasteiger partial charge is 0.458 e. The smallest absolute Gasteiger partial charge is 0.286 e. The van der Waals surface area contributed by atoms with Crippen LogP contribution in [0.25, 0.3) is 0 Å². The summed E-state index contributed by atoms with van der Waals surface area (Å²) in [4.78, 5) is 15.8. The van der Waals surface area contributed by atoms with Gasteiger partial charge >= 0.3 is 12.1 Å². The molecule has 1 aliphatic heterocycles. The van der Waals surface area contributed by atoms with Crippen LogP contribution in [0.15, 0.2) is 23.2 Å². The average molecular weight is 493 g/mol. The van der Waals surface area contributed by atoms with Crippen molar-refractivity contribution in [2.45, 2.75) is 49.7 Å². The molecule has 0 N–H and O–H groups in total. The summed E-state index contributed by atoms with van der Waals surface area (Å²) in [5.74, 6) is -6.67. The number of anilines is 1. The minimum absolute atomic E-state index is 0.0110. The van der Waals surface area contributed by atoms with E-state index in [1.54, 1.807) is 13.8 Å². The Hall–Kier alpha value is -2.59. The van der Waals surface area contributed by atoms with Crippen molar-refractivity contribution in [3.63, 3.8) is 0 Å². The molecule has 1 amide bonds. The van der Waals surface area contributed by atoms with Crippen molar-refractivity contribution in [1.82, 2.24) is 4.98 Å². The molecular formula is C19H16F5N3O3S2. The maximum atomic E-state index is 13.7. The maximum Gasteiger partial charge on any atom is 0.458 e. The summed E-state index contributed by atoms with van der Waals surface area (Å²) < 4.78 is 90.7. The molecule has 172 valence electrons. The molecule has 0 radical (unpaired) electrons. The Bertz CT molecular complexity index is 1240. The Morgan fingerprint density at radius 2 is 1.84 bits per heavy atom. The van der Waals surface area contributed by atoms with E-state index in [1.165, 1.54) is 19.2 Å². The zero-order valence-corrected chi connectivity index (χ0v) is 18.6. The van der Waals surface area contributed by atoms with Crippen molar-refractivity contribution in [3.8, 4) is 6.07 Å². The molecule has 0 saturated heterocycles. The molecule has 3 heterocycles. The van der Waals surface area contributed by atoms with Gasteiger partial charge in [0.1, 0.15) is 4.90 Å². The third-order valence-corrected chi connectivity index (χ3v) is 8.01. The monoisotopic (exact) mass is 493 g/mol. The molecule has 3 rings (SSSR count). The van der Waals surface area contributed by atoms with Crippen LogP contribution in [-0.2, 0) is 27.7 Å². The first-order valence-electron chi connectivity index (χ1n) is 9.11. The molecule has 2 aromatic heterocycles. The normalized spacial score (nSPS) is 15.1. The lowest BCUT2D eigenvalue weighted by Crippen LogP contribution is -2.33. The fourth-order valence-corrected chi connectivity index (χ4v) is 5.16. The second-order valence-corrected chi connectivity index (χ2v) is 10.9. The second-order valence-electron chi connectivity index (χ2n) is 7.61. The molecule has 0 fully saturated rings. The molecule has 0 atom stereocenters. The van der Waals surface area contributed by atoms with Gasteiger partial charge in [0.25, 0.3) is 5.91 Å². The number of carbonyl (C=O) groups excluding carboxylic acids is 1. The first-order chi connectivity index (χ1) is 14.6. The van der Waals surface area contributed by atoms with E-state index in [-0.39, 0.29) is 43.8 Å². The van der Waals surface area contributed by atoms with E-state index in [1.807, 2.05) is 6.07 Å². The van der Waals surface area contributed by atoms with E-state index < -0.39 is 44.7 Å². The highest BCUT2D eigenvalue weighted by Gasteiger charge is 2.60. The van der Waals surface area contributed by atoms with Crippen LogP contribution in [0.4, 0.5) is 27.8 Å². The van der Waals surface area contributed by atoms with Crippen LogP contribution in [-0.4, -0.2) is 31.2 Å². The number of nitrogens with zero attached hydrogens (tertiary/aromatic N) is 3. The van der Waals surface area contributed by atoms with E-state index in [4.69, 9.17) is 0 Å². The van der Waals surface area contributed by atoms with Gasteiger partial charge in [0.2, 0.25) is 0 Å². The van der Waals surface area contributed by atoms with E-state index in [2.05, 4.69) is 4.98 Å². The van der Waals surface area contributed by atoms with Gasteiger partial charge in [0.05, 0.1) is 33.5 Å². The zero-order valence-electron chi connectivity index (χ0n) is 16.9. The number of sulfone groups is 1. The van der Waals surface area contributed by atoms with Gasteiger partial charge in [0, 0.05) is 6.20 Å². The van der Waals surface area contributed by atoms with Gasteiger partial charge in [-0.15, -0.1) is 11.3 Å². The summed E-state index contributed by atoms with van der Waals surface area (Å²) in [5.41, 5.74) is -0.888. The third-order valence-electron chi connectivity index (χ3n) is 5.05. The van der Waals surface area contributed by atoms with Crippen LogP contribution in [0.1, 0.15) is 46.4 Å². The molecule has 0 aromatic carbocycles. The highest BCUT2D eigenvalue weighted by Crippen LogP contribution is 2.48. The Balaban J connectivity index is 2.08. The second kappa shape index (κ2) is 7.48. The Kier molecular flexibility index (Phi) is 5.63. The first-order valence-corrected chi connectivity index (χ1v) is 11.6. The van der Waals surface area contributed by atoms with Crippen molar-refractivity contribution >= 4 is 32.9 Å². The average Bonchev–Trinajstić information content (AvgIpc) is 3.26. The summed E-state index contributed by atoms with van der Waals surface area (Å²) >= 11 is 0.0110. The van der Waals surface area contributed by atoms with Crippen molar-refractivity contribution in [2.24, 2.45) is 0 Å². The molecule has 0 spiro atoms. The van der Waals surface area contributed by atoms with Crippen LogP contribution in [0, 0.1) is 11.3 Å².